The molecule has 1 fully saturated rings. The van der Waals surface area contributed by atoms with Crippen molar-refractivity contribution in [1.82, 2.24) is 4.90 Å². The van der Waals surface area contributed by atoms with Crippen LogP contribution in [0.1, 0.15) is 10.4 Å². The maximum absolute atomic E-state index is 13.2. The van der Waals surface area contributed by atoms with Crippen LogP contribution in [0.3, 0.4) is 0 Å². The van der Waals surface area contributed by atoms with Gasteiger partial charge in [-0.05, 0) is 18.2 Å². The Morgan fingerprint density at radius 3 is 2.65 bits per heavy atom. The fourth-order valence-electron chi connectivity index (χ4n) is 1.62. The molecular formula is C10H11FN2O3S. The van der Waals surface area contributed by atoms with Crippen molar-refractivity contribution in [3.63, 3.8) is 0 Å². The molecule has 0 spiro atoms. The van der Waals surface area contributed by atoms with Crippen molar-refractivity contribution in [2.24, 2.45) is 0 Å². The number of rotatable bonds is 1. The summed E-state index contributed by atoms with van der Waals surface area (Å²) < 4.78 is 35.6. The van der Waals surface area contributed by atoms with Crippen molar-refractivity contribution in [1.29, 1.82) is 0 Å². The molecule has 1 heterocycles. The van der Waals surface area contributed by atoms with Crippen LogP contribution in [-0.2, 0) is 9.84 Å². The van der Waals surface area contributed by atoms with Gasteiger partial charge in [0.15, 0.2) is 9.84 Å². The fraction of sp³-hybridized carbons (Fsp3) is 0.300. The van der Waals surface area contributed by atoms with Crippen LogP contribution >= 0.6 is 0 Å². The zero-order valence-corrected chi connectivity index (χ0v) is 9.71. The first-order chi connectivity index (χ1) is 7.89. The zero-order valence-electron chi connectivity index (χ0n) is 8.89. The third kappa shape index (κ3) is 2.38. The number of sulfone groups is 1. The van der Waals surface area contributed by atoms with E-state index in [0.717, 1.165) is 6.07 Å². The number of carbonyl (C=O) groups excluding carboxylic acids is 1. The SMILES string of the molecule is Nc1ccc(C(=O)N2CCS(=O)(=O)C2)cc1F. The number of nitrogen functional groups attached to an aromatic ring is 1. The third-order valence-electron chi connectivity index (χ3n) is 2.56. The maximum atomic E-state index is 13.2. The van der Waals surface area contributed by atoms with Crippen molar-refractivity contribution in [3.05, 3.63) is 29.6 Å². The van der Waals surface area contributed by atoms with Crippen LogP contribution in [-0.4, -0.2) is 37.4 Å². The van der Waals surface area contributed by atoms with E-state index in [2.05, 4.69) is 0 Å². The van der Waals surface area contributed by atoms with Crippen LogP contribution in [0.25, 0.3) is 0 Å². The van der Waals surface area contributed by atoms with Gasteiger partial charge in [0.25, 0.3) is 5.91 Å². The van der Waals surface area contributed by atoms with Crippen LogP contribution in [0, 0.1) is 5.82 Å². The van der Waals surface area contributed by atoms with E-state index in [9.17, 15) is 17.6 Å². The van der Waals surface area contributed by atoms with Crippen LogP contribution < -0.4 is 5.73 Å². The van der Waals surface area contributed by atoms with Crippen LogP contribution in [0.15, 0.2) is 18.2 Å². The molecule has 7 heteroatoms. The number of anilines is 1. The van der Waals surface area contributed by atoms with Gasteiger partial charge in [0.2, 0.25) is 0 Å². The van der Waals surface area contributed by atoms with E-state index in [1.807, 2.05) is 0 Å². The molecule has 1 aliphatic rings. The highest BCUT2D eigenvalue weighted by Gasteiger charge is 2.29. The smallest absolute Gasteiger partial charge is 0.254 e. The predicted molar refractivity (Wildman–Crippen MR) is 60.5 cm³/mol. The molecule has 2 N–H and O–H groups in total. The lowest BCUT2D eigenvalue weighted by molar-refractivity contribution is 0.0801. The molecule has 5 nitrogen and oxygen atoms in total. The summed E-state index contributed by atoms with van der Waals surface area (Å²) in [5.74, 6) is -1.53. The van der Waals surface area contributed by atoms with Gasteiger partial charge in [0.05, 0.1) is 11.4 Å². The molecule has 1 aliphatic heterocycles. The van der Waals surface area contributed by atoms with Gasteiger partial charge < -0.3 is 10.6 Å². The second kappa shape index (κ2) is 3.99. The molecule has 0 atom stereocenters. The molecule has 1 aromatic carbocycles. The average Bonchev–Trinajstić information content (AvgIpc) is 2.62. The number of amides is 1. The Labute approximate surface area is 97.9 Å². The minimum absolute atomic E-state index is 0.0454. The van der Waals surface area contributed by atoms with Gasteiger partial charge in [-0.2, -0.15) is 0 Å². The molecule has 2 rings (SSSR count). The topological polar surface area (TPSA) is 80.5 Å². The van der Waals surface area contributed by atoms with Crippen LogP contribution in [0.2, 0.25) is 0 Å². The van der Waals surface area contributed by atoms with E-state index in [4.69, 9.17) is 5.73 Å². The van der Waals surface area contributed by atoms with Gasteiger partial charge in [0, 0.05) is 12.1 Å². The molecule has 1 aromatic rings. The second-order valence-corrected chi connectivity index (χ2v) is 6.04. The maximum Gasteiger partial charge on any atom is 0.254 e. The third-order valence-corrected chi connectivity index (χ3v) is 4.07. The quantitative estimate of drug-likeness (QED) is 0.731. The number of halogens is 1. The lowest BCUT2D eigenvalue weighted by Crippen LogP contribution is -2.28. The lowest BCUT2D eigenvalue weighted by Gasteiger charge is -2.13. The average molecular weight is 258 g/mol. The van der Waals surface area contributed by atoms with E-state index in [0.29, 0.717) is 0 Å². The summed E-state index contributed by atoms with van der Waals surface area (Å²) in [6.07, 6.45) is 0. The highest BCUT2D eigenvalue weighted by atomic mass is 32.2. The number of carbonyl (C=O) groups is 1. The van der Waals surface area contributed by atoms with E-state index in [1.54, 1.807) is 0 Å². The first-order valence-corrected chi connectivity index (χ1v) is 6.76. The Kier molecular flexibility index (Phi) is 2.78. The van der Waals surface area contributed by atoms with Gasteiger partial charge in [-0.25, -0.2) is 12.8 Å². The minimum Gasteiger partial charge on any atom is -0.396 e. The highest BCUT2D eigenvalue weighted by molar-refractivity contribution is 7.91. The minimum atomic E-state index is -3.18. The Balaban J connectivity index is 2.23. The summed E-state index contributed by atoms with van der Waals surface area (Å²) in [7, 11) is -3.18. The normalized spacial score (nSPS) is 18.3. The summed E-state index contributed by atoms with van der Waals surface area (Å²) in [4.78, 5) is 13.0. The monoisotopic (exact) mass is 258 g/mol. The molecule has 0 aromatic heterocycles. The highest BCUT2D eigenvalue weighted by Crippen LogP contribution is 2.16. The molecule has 17 heavy (non-hydrogen) atoms. The number of hydrogen-bond donors (Lipinski definition) is 1. The lowest BCUT2D eigenvalue weighted by atomic mass is 10.2. The molecule has 0 radical (unpaired) electrons. The molecule has 0 unspecified atom stereocenters. The summed E-state index contributed by atoms with van der Waals surface area (Å²) in [5, 5.41) is 0. The van der Waals surface area contributed by atoms with Gasteiger partial charge in [-0.15, -0.1) is 0 Å². The number of hydrogen-bond acceptors (Lipinski definition) is 4. The predicted octanol–water partition coefficient (Wildman–Crippen LogP) is 0.236. The Bertz CT molecular complexity index is 571. The van der Waals surface area contributed by atoms with E-state index in [-0.39, 0.29) is 29.4 Å². The standard InChI is InChI=1S/C10H11FN2O3S/c11-8-5-7(1-2-9(8)12)10(14)13-3-4-17(15,16)6-13/h1-2,5H,3-4,6,12H2. The number of benzene rings is 1. The summed E-state index contributed by atoms with van der Waals surface area (Å²) in [6.45, 7) is 0.146. The van der Waals surface area contributed by atoms with Crippen molar-refractivity contribution < 1.29 is 17.6 Å². The summed E-state index contributed by atoms with van der Waals surface area (Å²) >= 11 is 0. The van der Waals surface area contributed by atoms with E-state index in [1.165, 1.54) is 17.0 Å². The van der Waals surface area contributed by atoms with Gasteiger partial charge in [-0.1, -0.05) is 0 Å². The Morgan fingerprint density at radius 1 is 1.41 bits per heavy atom. The molecule has 1 saturated heterocycles. The summed E-state index contributed by atoms with van der Waals surface area (Å²) in [5.41, 5.74) is 5.35. The summed E-state index contributed by atoms with van der Waals surface area (Å²) in [6, 6.07) is 3.68. The van der Waals surface area contributed by atoms with Crippen LogP contribution in [0.4, 0.5) is 10.1 Å². The molecule has 92 valence electrons. The first kappa shape index (κ1) is 11.8. The van der Waals surface area contributed by atoms with Gasteiger partial charge >= 0.3 is 0 Å². The van der Waals surface area contributed by atoms with Crippen molar-refractivity contribution in [2.75, 3.05) is 23.9 Å². The zero-order chi connectivity index (χ0) is 12.6. The van der Waals surface area contributed by atoms with Gasteiger partial charge in [0.1, 0.15) is 11.7 Å². The number of nitrogens with two attached hydrogens (primary N) is 1. The Hall–Kier alpha value is -1.63. The molecule has 0 aliphatic carbocycles. The van der Waals surface area contributed by atoms with Gasteiger partial charge in [-0.3, -0.25) is 4.79 Å². The van der Waals surface area contributed by atoms with Crippen molar-refractivity contribution >= 4 is 21.4 Å². The largest absolute Gasteiger partial charge is 0.396 e. The molecule has 1 amide bonds. The first-order valence-electron chi connectivity index (χ1n) is 4.94. The second-order valence-electron chi connectivity index (χ2n) is 3.88. The number of nitrogens with zero attached hydrogens (tertiary/aromatic N) is 1. The molecule has 0 bridgehead atoms. The fourth-order valence-corrected chi connectivity index (χ4v) is 2.97. The van der Waals surface area contributed by atoms with Crippen molar-refractivity contribution in [3.8, 4) is 0 Å². The molecular weight excluding hydrogens is 247 g/mol. The Morgan fingerprint density at radius 2 is 2.12 bits per heavy atom. The van der Waals surface area contributed by atoms with Crippen molar-refractivity contribution in [2.45, 2.75) is 0 Å². The van der Waals surface area contributed by atoms with Crippen LogP contribution in [0.5, 0.6) is 0 Å². The van der Waals surface area contributed by atoms with E-state index >= 15 is 0 Å². The molecule has 0 saturated carbocycles. The van der Waals surface area contributed by atoms with E-state index < -0.39 is 21.6 Å².